The highest BCUT2D eigenvalue weighted by molar-refractivity contribution is 6.00. The van der Waals surface area contributed by atoms with Gasteiger partial charge in [-0.3, -0.25) is 4.79 Å². The average molecular weight is 402 g/mol. The number of rotatable bonds is 6. The first-order valence-corrected chi connectivity index (χ1v) is 10.3. The number of ether oxygens (including phenoxy) is 1. The maximum absolute atomic E-state index is 13.3. The fourth-order valence-corrected chi connectivity index (χ4v) is 3.75. The molecule has 154 valence electrons. The molecule has 3 aromatic rings. The van der Waals surface area contributed by atoms with Gasteiger partial charge in [-0.25, -0.2) is 0 Å². The predicted octanol–water partition coefficient (Wildman–Crippen LogP) is 4.54. The molecule has 0 aliphatic carbocycles. The number of para-hydroxylation sites is 3. The van der Waals surface area contributed by atoms with E-state index in [-0.39, 0.29) is 5.91 Å². The van der Waals surface area contributed by atoms with Crippen LogP contribution in [0.5, 0.6) is 0 Å². The van der Waals surface area contributed by atoms with Crippen molar-refractivity contribution >= 4 is 23.0 Å². The minimum Gasteiger partial charge on any atom is -0.378 e. The molecule has 1 amide bonds. The Morgan fingerprint density at radius 1 is 0.933 bits per heavy atom. The molecule has 1 heterocycles. The standard InChI is InChI=1S/C25H27N3O2/c1-27(19-20-9-5-8-14-24(20)28-15-17-30-18-16-28)25(29)22-12-6-7-13-23(22)26-21-10-3-2-4-11-21/h2-14,26H,15-19H2,1H3. The van der Waals surface area contributed by atoms with Gasteiger partial charge in [-0.15, -0.1) is 0 Å². The van der Waals surface area contributed by atoms with E-state index in [2.05, 4.69) is 28.4 Å². The van der Waals surface area contributed by atoms with E-state index in [0.29, 0.717) is 12.1 Å². The number of benzene rings is 3. The van der Waals surface area contributed by atoms with Crippen LogP contribution in [0, 0.1) is 0 Å². The summed E-state index contributed by atoms with van der Waals surface area (Å²) in [7, 11) is 1.86. The number of carbonyl (C=O) groups is 1. The van der Waals surface area contributed by atoms with Crippen LogP contribution < -0.4 is 10.2 Å². The third kappa shape index (κ3) is 4.63. The second-order valence-corrected chi connectivity index (χ2v) is 7.43. The van der Waals surface area contributed by atoms with Crippen LogP contribution in [0.25, 0.3) is 0 Å². The Kier molecular flexibility index (Phi) is 6.30. The quantitative estimate of drug-likeness (QED) is 0.659. The Bertz CT molecular complexity index is 984. The van der Waals surface area contributed by atoms with E-state index >= 15 is 0 Å². The molecule has 0 unspecified atom stereocenters. The fourth-order valence-electron chi connectivity index (χ4n) is 3.75. The van der Waals surface area contributed by atoms with E-state index < -0.39 is 0 Å². The van der Waals surface area contributed by atoms with Gasteiger partial charge in [0, 0.05) is 38.1 Å². The molecule has 0 atom stereocenters. The van der Waals surface area contributed by atoms with Crippen LogP contribution in [-0.2, 0) is 11.3 Å². The Hall–Kier alpha value is -3.31. The summed E-state index contributed by atoms with van der Waals surface area (Å²) >= 11 is 0. The molecule has 0 aromatic heterocycles. The zero-order valence-corrected chi connectivity index (χ0v) is 17.3. The van der Waals surface area contributed by atoms with E-state index in [9.17, 15) is 4.79 Å². The molecule has 5 heteroatoms. The maximum atomic E-state index is 13.3. The third-order valence-electron chi connectivity index (χ3n) is 5.31. The van der Waals surface area contributed by atoms with Crippen molar-refractivity contribution in [1.29, 1.82) is 0 Å². The van der Waals surface area contributed by atoms with E-state index in [4.69, 9.17) is 4.74 Å². The van der Waals surface area contributed by atoms with E-state index in [0.717, 1.165) is 43.2 Å². The fraction of sp³-hybridized carbons (Fsp3) is 0.240. The highest BCUT2D eigenvalue weighted by Crippen LogP contribution is 2.25. The van der Waals surface area contributed by atoms with Crippen molar-refractivity contribution in [2.75, 3.05) is 43.6 Å². The summed E-state index contributed by atoms with van der Waals surface area (Å²) in [6.07, 6.45) is 0. The Labute approximate surface area is 177 Å². The van der Waals surface area contributed by atoms with E-state index in [1.165, 1.54) is 5.69 Å². The predicted molar refractivity (Wildman–Crippen MR) is 121 cm³/mol. The number of nitrogens with one attached hydrogen (secondary N) is 1. The SMILES string of the molecule is CN(Cc1ccccc1N1CCOCC1)C(=O)c1ccccc1Nc1ccccc1. The molecule has 0 spiro atoms. The highest BCUT2D eigenvalue weighted by Gasteiger charge is 2.19. The maximum Gasteiger partial charge on any atom is 0.256 e. The lowest BCUT2D eigenvalue weighted by molar-refractivity contribution is 0.0786. The van der Waals surface area contributed by atoms with Crippen LogP contribution in [0.1, 0.15) is 15.9 Å². The molecule has 1 aliphatic rings. The molecular weight excluding hydrogens is 374 g/mol. The molecular formula is C25H27N3O2. The largest absolute Gasteiger partial charge is 0.378 e. The van der Waals surface area contributed by atoms with Crippen molar-refractivity contribution in [3.8, 4) is 0 Å². The minimum absolute atomic E-state index is 0.00851. The molecule has 3 aromatic carbocycles. The van der Waals surface area contributed by atoms with Crippen molar-refractivity contribution in [2.24, 2.45) is 0 Å². The Morgan fingerprint density at radius 3 is 2.40 bits per heavy atom. The number of amides is 1. The van der Waals surface area contributed by atoms with Gasteiger partial charge in [0.25, 0.3) is 5.91 Å². The first-order valence-electron chi connectivity index (χ1n) is 10.3. The van der Waals surface area contributed by atoms with Crippen LogP contribution >= 0.6 is 0 Å². The summed E-state index contributed by atoms with van der Waals surface area (Å²) in [4.78, 5) is 17.4. The molecule has 1 N–H and O–H groups in total. The van der Waals surface area contributed by atoms with Crippen LogP contribution in [0.2, 0.25) is 0 Å². The third-order valence-corrected chi connectivity index (χ3v) is 5.31. The molecule has 5 nitrogen and oxygen atoms in total. The van der Waals surface area contributed by atoms with Crippen molar-refractivity contribution in [3.63, 3.8) is 0 Å². The zero-order valence-electron chi connectivity index (χ0n) is 17.3. The summed E-state index contributed by atoms with van der Waals surface area (Å²) in [5, 5.41) is 3.37. The first-order chi connectivity index (χ1) is 14.7. The first kappa shape index (κ1) is 20.0. The van der Waals surface area contributed by atoms with Crippen molar-refractivity contribution in [2.45, 2.75) is 6.54 Å². The lowest BCUT2D eigenvalue weighted by atomic mass is 10.1. The molecule has 0 bridgehead atoms. The lowest BCUT2D eigenvalue weighted by Crippen LogP contribution is -2.37. The topological polar surface area (TPSA) is 44.8 Å². The molecule has 30 heavy (non-hydrogen) atoms. The van der Waals surface area contributed by atoms with Crippen LogP contribution in [-0.4, -0.2) is 44.2 Å². The number of hydrogen-bond donors (Lipinski definition) is 1. The normalized spacial score (nSPS) is 13.7. The van der Waals surface area contributed by atoms with Gasteiger partial charge in [-0.05, 0) is 35.9 Å². The van der Waals surface area contributed by atoms with Gasteiger partial charge in [0.1, 0.15) is 0 Å². The number of hydrogen-bond acceptors (Lipinski definition) is 4. The second-order valence-electron chi connectivity index (χ2n) is 7.43. The molecule has 0 radical (unpaired) electrons. The molecule has 4 rings (SSSR count). The molecule has 1 aliphatic heterocycles. The Morgan fingerprint density at radius 2 is 1.60 bits per heavy atom. The van der Waals surface area contributed by atoms with Gasteiger partial charge >= 0.3 is 0 Å². The number of anilines is 3. The smallest absolute Gasteiger partial charge is 0.256 e. The van der Waals surface area contributed by atoms with Crippen molar-refractivity contribution in [3.05, 3.63) is 90.0 Å². The number of nitrogens with zero attached hydrogens (tertiary/aromatic N) is 2. The van der Waals surface area contributed by atoms with Gasteiger partial charge in [0.2, 0.25) is 0 Å². The van der Waals surface area contributed by atoms with Gasteiger partial charge in [0.15, 0.2) is 0 Å². The van der Waals surface area contributed by atoms with Crippen molar-refractivity contribution < 1.29 is 9.53 Å². The summed E-state index contributed by atoms with van der Waals surface area (Å²) in [5.41, 5.74) is 4.74. The van der Waals surface area contributed by atoms with Gasteiger partial charge in [-0.2, -0.15) is 0 Å². The lowest BCUT2D eigenvalue weighted by Gasteiger charge is -2.31. The molecule has 1 saturated heterocycles. The summed E-state index contributed by atoms with van der Waals surface area (Å²) in [5.74, 6) is -0.00851. The van der Waals surface area contributed by atoms with Gasteiger partial charge in [0.05, 0.1) is 24.5 Å². The van der Waals surface area contributed by atoms with Crippen LogP contribution in [0.3, 0.4) is 0 Å². The van der Waals surface area contributed by atoms with Gasteiger partial charge in [-0.1, -0.05) is 48.5 Å². The van der Waals surface area contributed by atoms with Gasteiger partial charge < -0.3 is 19.9 Å². The summed E-state index contributed by atoms with van der Waals surface area (Å²) < 4.78 is 5.49. The molecule has 0 saturated carbocycles. The van der Waals surface area contributed by atoms with E-state index in [1.807, 2.05) is 67.7 Å². The van der Waals surface area contributed by atoms with Crippen LogP contribution in [0.15, 0.2) is 78.9 Å². The Balaban J connectivity index is 1.53. The zero-order chi connectivity index (χ0) is 20.8. The number of carbonyl (C=O) groups excluding carboxylic acids is 1. The average Bonchev–Trinajstić information content (AvgIpc) is 2.80. The van der Waals surface area contributed by atoms with Crippen molar-refractivity contribution in [1.82, 2.24) is 4.90 Å². The monoisotopic (exact) mass is 401 g/mol. The summed E-state index contributed by atoms with van der Waals surface area (Å²) in [6.45, 7) is 3.77. The summed E-state index contributed by atoms with van der Waals surface area (Å²) in [6, 6.07) is 25.9. The minimum atomic E-state index is -0.00851. The number of morpholine rings is 1. The van der Waals surface area contributed by atoms with E-state index in [1.54, 1.807) is 4.90 Å². The van der Waals surface area contributed by atoms with Crippen LogP contribution in [0.4, 0.5) is 17.1 Å². The second kappa shape index (κ2) is 9.46. The highest BCUT2D eigenvalue weighted by atomic mass is 16.5. The molecule has 1 fully saturated rings.